The van der Waals surface area contributed by atoms with Crippen LogP contribution in [0.3, 0.4) is 0 Å². The maximum Gasteiger partial charge on any atom is 0.419 e. The van der Waals surface area contributed by atoms with Crippen LogP contribution < -0.4 is 5.76 Å². The molecule has 0 atom stereocenters. The number of oxazole rings is 1. The normalized spacial score (nSPS) is 10.5. The standard InChI is InChI=1S/C11H9NO5/c1-12-7-5-6(9(13)10(14)16-2)3-4-8(7)17-11(12)15/h3-5H,1-2H3. The van der Waals surface area contributed by atoms with Gasteiger partial charge in [0.15, 0.2) is 5.58 Å². The van der Waals surface area contributed by atoms with E-state index in [1.807, 2.05) is 0 Å². The zero-order valence-electron chi connectivity index (χ0n) is 9.22. The molecule has 0 bridgehead atoms. The van der Waals surface area contributed by atoms with Crippen molar-refractivity contribution in [1.82, 2.24) is 4.57 Å². The Bertz CT molecular complexity index is 664. The smallest absolute Gasteiger partial charge is 0.419 e. The molecular formula is C11H9NO5. The Labute approximate surface area is 95.4 Å². The summed E-state index contributed by atoms with van der Waals surface area (Å²) in [5, 5.41) is 0. The third-order valence-electron chi connectivity index (χ3n) is 2.42. The molecule has 0 aliphatic carbocycles. The highest BCUT2D eigenvalue weighted by molar-refractivity contribution is 6.40. The van der Waals surface area contributed by atoms with Crippen LogP contribution in [-0.4, -0.2) is 23.4 Å². The maximum absolute atomic E-state index is 11.5. The molecule has 0 saturated carbocycles. The van der Waals surface area contributed by atoms with Crippen molar-refractivity contribution in [2.75, 3.05) is 7.11 Å². The first-order chi connectivity index (χ1) is 8.04. The molecule has 0 N–H and O–H groups in total. The molecular weight excluding hydrogens is 226 g/mol. The Balaban J connectivity index is 2.58. The van der Waals surface area contributed by atoms with E-state index < -0.39 is 17.5 Å². The van der Waals surface area contributed by atoms with Crippen molar-refractivity contribution in [2.24, 2.45) is 7.05 Å². The Morgan fingerprint density at radius 1 is 1.35 bits per heavy atom. The number of carbonyl (C=O) groups is 2. The third-order valence-corrected chi connectivity index (χ3v) is 2.42. The van der Waals surface area contributed by atoms with Crippen LogP contribution in [0.4, 0.5) is 0 Å². The highest BCUT2D eigenvalue weighted by Gasteiger charge is 2.18. The molecule has 88 valence electrons. The largest absolute Gasteiger partial charge is 0.463 e. The molecule has 0 aliphatic heterocycles. The van der Waals surface area contributed by atoms with E-state index in [0.29, 0.717) is 11.1 Å². The average Bonchev–Trinajstić information content (AvgIpc) is 2.63. The fourth-order valence-corrected chi connectivity index (χ4v) is 1.48. The predicted octanol–water partition coefficient (Wildman–Crippen LogP) is 0.487. The third kappa shape index (κ3) is 1.73. The summed E-state index contributed by atoms with van der Waals surface area (Å²) >= 11 is 0. The first-order valence-electron chi connectivity index (χ1n) is 4.77. The molecule has 6 nitrogen and oxygen atoms in total. The Hall–Kier alpha value is -2.37. The minimum atomic E-state index is -0.946. The minimum absolute atomic E-state index is 0.153. The van der Waals surface area contributed by atoms with Crippen LogP contribution in [0.5, 0.6) is 0 Å². The summed E-state index contributed by atoms with van der Waals surface area (Å²) in [4.78, 5) is 33.8. The lowest BCUT2D eigenvalue weighted by atomic mass is 10.1. The number of hydrogen-bond donors (Lipinski definition) is 0. The molecule has 2 aromatic rings. The number of benzene rings is 1. The molecule has 1 heterocycles. The molecule has 17 heavy (non-hydrogen) atoms. The van der Waals surface area contributed by atoms with Crippen LogP contribution in [0.2, 0.25) is 0 Å². The van der Waals surface area contributed by atoms with Crippen molar-refractivity contribution in [3.63, 3.8) is 0 Å². The molecule has 0 radical (unpaired) electrons. The van der Waals surface area contributed by atoms with Crippen LogP contribution in [0.1, 0.15) is 10.4 Å². The summed E-state index contributed by atoms with van der Waals surface area (Å²) in [5.74, 6) is -2.23. The van der Waals surface area contributed by atoms with Crippen molar-refractivity contribution in [1.29, 1.82) is 0 Å². The number of aromatic nitrogens is 1. The van der Waals surface area contributed by atoms with Gasteiger partial charge in [-0.15, -0.1) is 0 Å². The lowest BCUT2D eigenvalue weighted by Crippen LogP contribution is -2.15. The van der Waals surface area contributed by atoms with Gasteiger partial charge in [0.1, 0.15) is 0 Å². The summed E-state index contributed by atoms with van der Waals surface area (Å²) in [5.41, 5.74) is 0.962. The molecule has 0 aliphatic rings. The topological polar surface area (TPSA) is 78.5 Å². The predicted molar refractivity (Wildman–Crippen MR) is 57.8 cm³/mol. The Kier molecular flexibility index (Phi) is 2.55. The molecule has 0 spiro atoms. The molecule has 0 saturated heterocycles. The van der Waals surface area contributed by atoms with Crippen LogP contribution >= 0.6 is 0 Å². The second kappa shape index (κ2) is 3.89. The SMILES string of the molecule is COC(=O)C(=O)c1ccc2oc(=O)n(C)c2c1. The number of rotatable bonds is 2. The highest BCUT2D eigenvalue weighted by atomic mass is 16.5. The van der Waals surface area contributed by atoms with Crippen molar-refractivity contribution in [3.05, 3.63) is 34.3 Å². The van der Waals surface area contributed by atoms with Gasteiger partial charge < -0.3 is 9.15 Å². The van der Waals surface area contributed by atoms with Gasteiger partial charge in [-0.3, -0.25) is 9.36 Å². The first-order valence-corrected chi connectivity index (χ1v) is 4.77. The number of methoxy groups -OCH3 is 1. The quantitative estimate of drug-likeness (QED) is 0.430. The lowest BCUT2D eigenvalue weighted by molar-refractivity contribution is -0.135. The number of fused-ring (bicyclic) bond motifs is 1. The number of ketones is 1. The monoisotopic (exact) mass is 235 g/mol. The fraction of sp³-hybridized carbons (Fsp3) is 0.182. The molecule has 0 unspecified atom stereocenters. The average molecular weight is 235 g/mol. The second-order valence-electron chi connectivity index (χ2n) is 3.43. The van der Waals surface area contributed by atoms with Gasteiger partial charge >= 0.3 is 11.7 Å². The second-order valence-corrected chi connectivity index (χ2v) is 3.43. The Morgan fingerprint density at radius 2 is 2.06 bits per heavy atom. The summed E-state index contributed by atoms with van der Waals surface area (Å²) in [6.45, 7) is 0. The summed E-state index contributed by atoms with van der Waals surface area (Å²) in [6.07, 6.45) is 0. The van der Waals surface area contributed by atoms with E-state index in [1.54, 1.807) is 0 Å². The molecule has 1 aromatic carbocycles. The number of hydrogen-bond acceptors (Lipinski definition) is 5. The molecule has 6 heteroatoms. The van der Waals surface area contributed by atoms with Crippen molar-refractivity contribution in [3.8, 4) is 0 Å². The zero-order chi connectivity index (χ0) is 12.6. The van der Waals surface area contributed by atoms with Crippen molar-refractivity contribution < 1.29 is 18.7 Å². The van der Waals surface area contributed by atoms with E-state index in [4.69, 9.17) is 4.42 Å². The van der Waals surface area contributed by atoms with Crippen LogP contribution in [-0.2, 0) is 16.6 Å². The van der Waals surface area contributed by atoms with Crippen molar-refractivity contribution >= 4 is 22.9 Å². The molecule has 1 aromatic heterocycles. The van der Waals surface area contributed by atoms with Gasteiger partial charge in [-0.1, -0.05) is 0 Å². The first kappa shape index (κ1) is 11.1. The van der Waals surface area contributed by atoms with Crippen LogP contribution in [0.25, 0.3) is 11.1 Å². The summed E-state index contributed by atoms with van der Waals surface area (Å²) in [7, 11) is 2.65. The lowest BCUT2D eigenvalue weighted by Gasteiger charge is -1.99. The number of Topliss-reactive ketones (excluding diaryl/α,β-unsaturated/α-hetero) is 1. The number of carbonyl (C=O) groups excluding carboxylic acids is 2. The number of esters is 1. The van der Waals surface area contributed by atoms with E-state index in [2.05, 4.69) is 4.74 Å². The van der Waals surface area contributed by atoms with Gasteiger partial charge in [0.25, 0.3) is 5.78 Å². The van der Waals surface area contributed by atoms with E-state index in [0.717, 1.165) is 7.11 Å². The minimum Gasteiger partial charge on any atom is -0.463 e. The highest BCUT2D eigenvalue weighted by Crippen LogP contribution is 2.14. The van der Waals surface area contributed by atoms with Gasteiger partial charge in [-0.2, -0.15) is 0 Å². The van der Waals surface area contributed by atoms with E-state index >= 15 is 0 Å². The number of ether oxygens (including phenoxy) is 1. The van der Waals surface area contributed by atoms with Crippen LogP contribution in [0.15, 0.2) is 27.4 Å². The van der Waals surface area contributed by atoms with E-state index in [1.165, 1.54) is 29.8 Å². The van der Waals surface area contributed by atoms with Gasteiger partial charge in [0, 0.05) is 12.6 Å². The van der Waals surface area contributed by atoms with Gasteiger partial charge in [-0.05, 0) is 18.2 Å². The Morgan fingerprint density at radius 3 is 2.71 bits per heavy atom. The molecule has 0 amide bonds. The van der Waals surface area contributed by atoms with Gasteiger partial charge in [0.2, 0.25) is 0 Å². The molecule has 2 rings (SSSR count). The number of nitrogens with zero attached hydrogens (tertiary/aromatic N) is 1. The van der Waals surface area contributed by atoms with Gasteiger partial charge in [0.05, 0.1) is 12.6 Å². The zero-order valence-corrected chi connectivity index (χ0v) is 9.22. The summed E-state index contributed by atoms with van der Waals surface area (Å²) < 4.78 is 10.5. The van der Waals surface area contributed by atoms with E-state index in [9.17, 15) is 14.4 Å². The number of aryl methyl sites for hydroxylation is 1. The fourth-order valence-electron chi connectivity index (χ4n) is 1.48. The van der Waals surface area contributed by atoms with Gasteiger partial charge in [-0.25, -0.2) is 9.59 Å². The summed E-state index contributed by atoms with van der Waals surface area (Å²) in [6, 6.07) is 4.29. The van der Waals surface area contributed by atoms with Crippen molar-refractivity contribution in [2.45, 2.75) is 0 Å². The van der Waals surface area contributed by atoms with E-state index in [-0.39, 0.29) is 5.56 Å². The maximum atomic E-state index is 11.5. The van der Waals surface area contributed by atoms with Crippen LogP contribution in [0, 0.1) is 0 Å². The molecule has 0 fully saturated rings.